The molecule has 0 spiro atoms. The molecule has 0 bridgehead atoms. The Kier molecular flexibility index (Phi) is 5.29. The zero-order chi connectivity index (χ0) is 26.7. The van der Waals surface area contributed by atoms with Crippen LogP contribution >= 0.6 is 26.2 Å². The molecule has 3 aromatic heterocycles. The van der Waals surface area contributed by atoms with E-state index in [-0.39, 0.29) is 22.3 Å². The molecule has 0 unspecified atom stereocenters. The van der Waals surface area contributed by atoms with Gasteiger partial charge in [-0.05, 0) is 48.9 Å². The number of nitrogens with one attached hydrogen (secondary N) is 1. The summed E-state index contributed by atoms with van der Waals surface area (Å²) in [5.74, 6) is -0.978. The van der Waals surface area contributed by atoms with E-state index in [1.165, 1.54) is 0 Å². The van der Waals surface area contributed by atoms with E-state index in [9.17, 15) is 24.2 Å². The molecular formula is C23H16BrF5N6OS. The van der Waals surface area contributed by atoms with Crippen LogP contribution in [0.2, 0.25) is 0 Å². The van der Waals surface area contributed by atoms with E-state index in [0.717, 1.165) is 17.2 Å². The largest absolute Gasteiger partial charge is 0.322 e. The van der Waals surface area contributed by atoms with Gasteiger partial charge in [-0.3, -0.25) is 9.36 Å². The molecule has 0 saturated carbocycles. The van der Waals surface area contributed by atoms with Crippen LogP contribution in [0.5, 0.6) is 0 Å². The number of hydrogen-bond donors (Lipinski definition) is 1. The lowest BCUT2D eigenvalue weighted by Crippen LogP contribution is -2.14. The van der Waals surface area contributed by atoms with Gasteiger partial charge in [0.05, 0.1) is 23.8 Å². The third kappa shape index (κ3) is 5.06. The average Bonchev–Trinajstić information content (AvgIpc) is 3.40. The summed E-state index contributed by atoms with van der Waals surface area (Å²) >= 11 is 2.78. The first-order valence-electron chi connectivity index (χ1n) is 10.5. The molecule has 192 valence electrons. The number of rotatable bonds is 5. The maximum absolute atomic E-state index is 13.3. The first-order valence-corrected chi connectivity index (χ1v) is 13.2. The van der Waals surface area contributed by atoms with E-state index < -0.39 is 26.6 Å². The lowest BCUT2D eigenvalue weighted by molar-refractivity contribution is 0.102. The second-order valence-corrected chi connectivity index (χ2v) is 11.6. The minimum Gasteiger partial charge on any atom is -0.322 e. The quantitative estimate of drug-likeness (QED) is 0.212. The van der Waals surface area contributed by atoms with Crippen molar-refractivity contribution in [3.8, 4) is 16.9 Å². The molecule has 1 N–H and O–H groups in total. The summed E-state index contributed by atoms with van der Waals surface area (Å²) in [5.41, 5.74) is 3.30. The van der Waals surface area contributed by atoms with Crippen LogP contribution in [0.1, 0.15) is 15.9 Å². The standard InChI is InChI=1S/C23H16BrF5N6OS/c1-14-2-3-18(32-23(36)16-8-17(24)10-19(9-16)37(25,26,27,28)29)11-21(14)34-6-7-35-22(34)12-20(33-35)15-4-5-30-31-13-15/h2-13H,1H3,(H,32,36). The van der Waals surface area contributed by atoms with Gasteiger partial charge in [0.15, 0.2) is 0 Å². The molecule has 0 fully saturated rings. The zero-order valence-corrected chi connectivity index (χ0v) is 21.2. The second kappa shape index (κ2) is 7.86. The summed E-state index contributed by atoms with van der Waals surface area (Å²) in [7, 11) is -9.98. The summed E-state index contributed by atoms with van der Waals surface area (Å²) in [5, 5.41) is 14.6. The van der Waals surface area contributed by atoms with Crippen LogP contribution in [0.3, 0.4) is 0 Å². The van der Waals surface area contributed by atoms with E-state index in [0.29, 0.717) is 17.0 Å². The molecule has 0 aliphatic rings. The SMILES string of the molecule is Cc1ccc(NC(=O)c2cc(Br)cc(S(F)(F)(F)(F)F)c2)cc1-n1ccn2nc(-c3ccnnc3)cc12. The molecular weight excluding hydrogens is 583 g/mol. The summed E-state index contributed by atoms with van der Waals surface area (Å²) in [4.78, 5) is 10.6. The molecule has 2 aromatic carbocycles. The first kappa shape index (κ1) is 24.9. The van der Waals surface area contributed by atoms with E-state index in [1.54, 1.807) is 53.6 Å². The third-order valence-electron chi connectivity index (χ3n) is 5.51. The van der Waals surface area contributed by atoms with Crippen LogP contribution in [0, 0.1) is 6.92 Å². The monoisotopic (exact) mass is 598 g/mol. The maximum atomic E-state index is 13.3. The van der Waals surface area contributed by atoms with Crippen LogP contribution in [-0.4, -0.2) is 30.3 Å². The molecule has 7 nitrogen and oxygen atoms in total. The minimum atomic E-state index is -9.98. The Bertz CT molecular complexity index is 1690. The fourth-order valence-corrected chi connectivity index (χ4v) is 5.08. The first-order chi connectivity index (χ1) is 17.2. The second-order valence-electron chi connectivity index (χ2n) is 8.23. The smallest absolute Gasteiger partial charge is 0.310 e. The Hall–Kier alpha value is -3.78. The highest BCUT2D eigenvalue weighted by Crippen LogP contribution is 3.02. The van der Waals surface area contributed by atoms with Gasteiger partial charge in [-0.15, -0.1) is 0 Å². The fraction of sp³-hybridized carbons (Fsp3) is 0.0435. The highest BCUT2D eigenvalue weighted by molar-refractivity contribution is 9.10. The predicted molar refractivity (Wildman–Crippen MR) is 134 cm³/mol. The molecule has 0 aliphatic carbocycles. The van der Waals surface area contributed by atoms with E-state index in [2.05, 4.69) is 36.5 Å². The van der Waals surface area contributed by atoms with Crippen LogP contribution in [0.4, 0.5) is 25.1 Å². The van der Waals surface area contributed by atoms with Gasteiger partial charge < -0.3 is 5.32 Å². The summed E-state index contributed by atoms with van der Waals surface area (Å²) in [6.07, 6.45) is 6.63. The average molecular weight is 599 g/mol. The van der Waals surface area contributed by atoms with E-state index in [4.69, 9.17) is 0 Å². The van der Waals surface area contributed by atoms with Gasteiger partial charge in [-0.25, -0.2) is 4.52 Å². The number of aromatic nitrogens is 5. The summed E-state index contributed by atoms with van der Waals surface area (Å²) in [6, 6.07) is 9.94. The molecule has 0 aliphatic heterocycles. The van der Waals surface area contributed by atoms with Gasteiger partial charge >= 0.3 is 10.2 Å². The molecule has 0 atom stereocenters. The predicted octanol–water partition coefficient (Wildman–Crippen LogP) is 7.56. The molecule has 1 amide bonds. The molecule has 0 saturated heterocycles. The van der Waals surface area contributed by atoms with Crippen molar-refractivity contribution < 1.29 is 24.2 Å². The number of carbonyl (C=O) groups excluding carboxylic acids is 1. The number of hydrogen-bond acceptors (Lipinski definition) is 4. The highest BCUT2D eigenvalue weighted by atomic mass is 79.9. The highest BCUT2D eigenvalue weighted by Gasteiger charge is 2.65. The van der Waals surface area contributed by atoms with Crippen molar-refractivity contribution >= 4 is 43.4 Å². The Morgan fingerprint density at radius 3 is 2.46 bits per heavy atom. The number of anilines is 1. The molecule has 0 radical (unpaired) electrons. The van der Waals surface area contributed by atoms with Crippen molar-refractivity contribution in [3.05, 3.63) is 88.9 Å². The van der Waals surface area contributed by atoms with Crippen molar-refractivity contribution in [1.82, 2.24) is 24.4 Å². The maximum Gasteiger partial charge on any atom is 0.310 e. The van der Waals surface area contributed by atoms with Crippen LogP contribution < -0.4 is 5.32 Å². The Balaban J connectivity index is 1.48. The van der Waals surface area contributed by atoms with Crippen molar-refractivity contribution in [2.24, 2.45) is 0 Å². The van der Waals surface area contributed by atoms with Crippen LogP contribution in [-0.2, 0) is 0 Å². The fourth-order valence-electron chi connectivity index (χ4n) is 3.73. The molecule has 5 aromatic rings. The van der Waals surface area contributed by atoms with E-state index >= 15 is 0 Å². The summed E-state index contributed by atoms with van der Waals surface area (Å²) in [6.45, 7) is 1.84. The number of nitrogens with zero attached hydrogens (tertiary/aromatic N) is 5. The number of amides is 1. The van der Waals surface area contributed by atoms with Gasteiger partial charge in [0.25, 0.3) is 5.91 Å². The number of aryl methyl sites for hydroxylation is 1. The molecule has 3 heterocycles. The molecule has 5 rings (SSSR count). The number of halogens is 6. The normalized spacial score (nSPS) is 13.8. The molecule has 14 heteroatoms. The lowest BCUT2D eigenvalue weighted by Gasteiger charge is -2.40. The summed E-state index contributed by atoms with van der Waals surface area (Å²) < 4.78 is 69.8. The van der Waals surface area contributed by atoms with Crippen LogP contribution in [0.15, 0.2) is 82.7 Å². The van der Waals surface area contributed by atoms with Gasteiger partial charge in [0.2, 0.25) is 0 Å². The van der Waals surface area contributed by atoms with Gasteiger partial charge in [-0.2, -0.15) is 15.3 Å². The van der Waals surface area contributed by atoms with Gasteiger partial charge in [-0.1, -0.05) is 41.4 Å². The Morgan fingerprint density at radius 2 is 1.76 bits per heavy atom. The van der Waals surface area contributed by atoms with Gasteiger partial charge in [0, 0.05) is 39.7 Å². The minimum absolute atomic E-state index is 0.147. The van der Waals surface area contributed by atoms with Crippen molar-refractivity contribution in [2.45, 2.75) is 11.8 Å². The Labute approximate surface area is 214 Å². The van der Waals surface area contributed by atoms with Crippen molar-refractivity contribution in [3.63, 3.8) is 0 Å². The Morgan fingerprint density at radius 1 is 0.973 bits per heavy atom. The third-order valence-corrected chi connectivity index (χ3v) is 7.09. The number of benzene rings is 2. The van der Waals surface area contributed by atoms with Crippen molar-refractivity contribution in [2.75, 3.05) is 5.32 Å². The van der Waals surface area contributed by atoms with Crippen molar-refractivity contribution in [1.29, 1.82) is 0 Å². The number of carbonyl (C=O) groups is 1. The van der Waals surface area contributed by atoms with Gasteiger partial charge in [0.1, 0.15) is 10.5 Å². The number of fused-ring (bicyclic) bond motifs is 1. The zero-order valence-electron chi connectivity index (χ0n) is 18.7. The van der Waals surface area contributed by atoms with E-state index in [1.807, 2.05) is 17.6 Å². The number of imidazole rings is 1. The molecule has 37 heavy (non-hydrogen) atoms. The topological polar surface area (TPSA) is 77.1 Å². The van der Waals surface area contributed by atoms with Crippen LogP contribution in [0.25, 0.3) is 22.6 Å². The lowest BCUT2D eigenvalue weighted by atomic mass is 10.1.